The predicted octanol–water partition coefficient (Wildman–Crippen LogP) is 5.04. The molecule has 2 heterocycles. The van der Waals surface area contributed by atoms with Gasteiger partial charge in [-0.05, 0) is 66.1 Å². The van der Waals surface area contributed by atoms with Gasteiger partial charge in [0.05, 0.1) is 7.05 Å². The van der Waals surface area contributed by atoms with Crippen LogP contribution in [0.2, 0.25) is 0 Å². The van der Waals surface area contributed by atoms with E-state index in [2.05, 4.69) is 77.4 Å². The summed E-state index contributed by atoms with van der Waals surface area (Å²) in [4.78, 5) is 16.0. The van der Waals surface area contributed by atoms with Gasteiger partial charge < -0.3 is 15.6 Å². The third-order valence-corrected chi connectivity index (χ3v) is 7.30. The van der Waals surface area contributed by atoms with Crippen molar-refractivity contribution >= 4 is 28.6 Å². The zero-order chi connectivity index (χ0) is 22.7. The van der Waals surface area contributed by atoms with Gasteiger partial charge in [-0.3, -0.25) is 9.28 Å². The Labute approximate surface area is 196 Å². The number of nitrogens with zero attached hydrogens (tertiary/aromatic N) is 1. The fourth-order valence-electron chi connectivity index (χ4n) is 5.37. The third kappa shape index (κ3) is 4.90. The fourth-order valence-corrected chi connectivity index (χ4v) is 5.37. The van der Waals surface area contributed by atoms with Crippen LogP contribution in [0.3, 0.4) is 0 Å². The van der Waals surface area contributed by atoms with Crippen LogP contribution < -0.4 is 15.1 Å². The lowest BCUT2D eigenvalue weighted by atomic mass is 9.89. The van der Waals surface area contributed by atoms with E-state index in [0.717, 1.165) is 24.5 Å². The lowest BCUT2D eigenvalue weighted by Crippen LogP contribution is -2.47. The zero-order valence-corrected chi connectivity index (χ0v) is 19.6. The lowest BCUT2D eigenvalue weighted by molar-refractivity contribution is -0.121. The SMILES string of the molecule is C[N+]1(CC(=O)NCCNCC2CCCCC2)C=Cc2cc(-c3ccc4cc[nH]c4c3)ccc21. The predicted molar refractivity (Wildman–Crippen MR) is 138 cm³/mol. The average molecular weight is 444 g/mol. The highest BCUT2D eigenvalue weighted by molar-refractivity contribution is 5.88. The number of likely N-dealkylation sites (N-methyl/N-ethyl adjacent to an activating group) is 1. The van der Waals surface area contributed by atoms with Crippen LogP contribution in [-0.2, 0) is 4.79 Å². The van der Waals surface area contributed by atoms with E-state index in [1.165, 1.54) is 59.9 Å². The molecule has 1 aromatic heterocycles. The first-order chi connectivity index (χ1) is 16.1. The Balaban J connectivity index is 1.16. The van der Waals surface area contributed by atoms with Crippen molar-refractivity contribution in [3.05, 3.63) is 60.4 Å². The molecule has 5 rings (SSSR count). The van der Waals surface area contributed by atoms with Crippen LogP contribution in [-0.4, -0.2) is 44.1 Å². The van der Waals surface area contributed by atoms with E-state index in [-0.39, 0.29) is 5.91 Å². The number of aromatic amines is 1. The van der Waals surface area contributed by atoms with Crippen molar-refractivity contribution in [1.29, 1.82) is 0 Å². The summed E-state index contributed by atoms with van der Waals surface area (Å²) in [5.41, 5.74) is 5.89. The minimum Gasteiger partial charge on any atom is -0.361 e. The van der Waals surface area contributed by atoms with Gasteiger partial charge >= 0.3 is 0 Å². The molecule has 33 heavy (non-hydrogen) atoms. The number of aromatic nitrogens is 1. The number of carbonyl (C=O) groups excluding carboxylic acids is 1. The minimum absolute atomic E-state index is 0.0933. The van der Waals surface area contributed by atoms with Crippen LogP contribution in [0.15, 0.2) is 54.9 Å². The Morgan fingerprint density at radius 1 is 1.03 bits per heavy atom. The summed E-state index contributed by atoms with van der Waals surface area (Å²) in [6.45, 7) is 3.02. The van der Waals surface area contributed by atoms with Crippen LogP contribution in [0.4, 0.5) is 5.69 Å². The lowest BCUT2D eigenvalue weighted by Gasteiger charge is -2.27. The van der Waals surface area contributed by atoms with E-state index in [9.17, 15) is 4.79 Å². The van der Waals surface area contributed by atoms with E-state index >= 15 is 0 Å². The molecule has 0 radical (unpaired) electrons. The zero-order valence-electron chi connectivity index (χ0n) is 19.6. The summed E-state index contributed by atoms with van der Waals surface area (Å²) in [5.74, 6) is 0.913. The van der Waals surface area contributed by atoms with Gasteiger partial charge in [-0.25, -0.2) is 0 Å². The standard InChI is InChI=1S/C28H34N4O/c1-32(20-28(33)31-15-14-29-19-21-5-3-2-4-6-21)16-12-25-17-23(9-10-27(25)32)24-8-7-22-11-13-30-26(22)18-24/h7-13,16-18,21,29-30H,2-6,14-15,19-20H2,1H3/p+1. The van der Waals surface area contributed by atoms with Crippen molar-refractivity contribution in [2.75, 3.05) is 33.2 Å². The molecule has 1 aliphatic heterocycles. The largest absolute Gasteiger partial charge is 0.361 e. The van der Waals surface area contributed by atoms with Gasteiger partial charge in [0.1, 0.15) is 11.9 Å². The number of nitrogens with one attached hydrogen (secondary N) is 3. The number of amides is 1. The molecule has 1 fully saturated rings. The van der Waals surface area contributed by atoms with Crippen LogP contribution in [0.25, 0.3) is 28.1 Å². The average Bonchev–Trinajstić information content (AvgIpc) is 3.43. The van der Waals surface area contributed by atoms with E-state index in [0.29, 0.717) is 17.6 Å². The van der Waals surface area contributed by atoms with E-state index in [1.54, 1.807) is 0 Å². The number of fused-ring (bicyclic) bond motifs is 2. The summed E-state index contributed by atoms with van der Waals surface area (Å²) < 4.78 is 0.507. The summed E-state index contributed by atoms with van der Waals surface area (Å²) >= 11 is 0. The topological polar surface area (TPSA) is 56.9 Å². The maximum atomic E-state index is 12.7. The van der Waals surface area contributed by atoms with Gasteiger partial charge in [0.25, 0.3) is 5.91 Å². The number of quaternary nitrogens is 1. The maximum absolute atomic E-state index is 12.7. The van der Waals surface area contributed by atoms with Crippen LogP contribution >= 0.6 is 0 Å². The molecular weight excluding hydrogens is 408 g/mol. The normalized spacial score (nSPS) is 20.3. The Hall–Kier alpha value is -2.89. The smallest absolute Gasteiger partial charge is 0.276 e. The second-order valence-electron chi connectivity index (χ2n) is 9.85. The monoisotopic (exact) mass is 443 g/mol. The molecule has 1 unspecified atom stereocenters. The Morgan fingerprint density at radius 2 is 1.85 bits per heavy atom. The molecule has 2 aromatic carbocycles. The second-order valence-corrected chi connectivity index (χ2v) is 9.85. The van der Waals surface area contributed by atoms with Gasteiger partial charge in [-0.2, -0.15) is 0 Å². The van der Waals surface area contributed by atoms with Crippen LogP contribution in [0.1, 0.15) is 37.7 Å². The number of benzene rings is 2. The van der Waals surface area contributed by atoms with Crippen LogP contribution in [0, 0.1) is 5.92 Å². The molecule has 5 nitrogen and oxygen atoms in total. The molecule has 1 aliphatic carbocycles. The van der Waals surface area contributed by atoms with Crippen molar-refractivity contribution in [2.24, 2.45) is 5.92 Å². The summed E-state index contributed by atoms with van der Waals surface area (Å²) in [6, 6.07) is 15.2. The first-order valence-corrected chi connectivity index (χ1v) is 12.3. The highest BCUT2D eigenvalue weighted by atomic mass is 16.2. The Bertz CT molecular complexity index is 1160. The molecule has 3 N–H and O–H groups in total. The third-order valence-electron chi connectivity index (χ3n) is 7.30. The van der Waals surface area contributed by atoms with Gasteiger partial charge in [0.2, 0.25) is 0 Å². The van der Waals surface area contributed by atoms with Crippen molar-refractivity contribution < 1.29 is 4.79 Å². The molecule has 3 aromatic rings. The first-order valence-electron chi connectivity index (χ1n) is 12.3. The maximum Gasteiger partial charge on any atom is 0.276 e. The highest BCUT2D eigenvalue weighted by Crippen LogP contribution is 2.37. The van der Waals surface area contributed by atoms with Crippen molar-refractivity contribution in [3.63, 3.8) is 0 Å². The summed E-state index contributed by atoms with van der Waals surface area (Å²) in [6.07, 6.45) is 13.1. The molecule has 0 spiro atoms. The van der Waals surface area contributed by atoms with Crippen molar-refractivity contribution in [1.82, 2.24) is 20.1 Å². The van der Waals surface area contributed by atoms with Crippen LogP contribution in [0.5, 0.6) is 0 Å². The number of rotatable bonds is 8. The number of hydrogen-bond donors (Lipinski definition) is 3. The van der Waals surface area contributed by atoms with E-state index in [1.807, 2.05) is 6.20 Å². The first kappa shape index (κ1) is 21.9. The Morgan fingerprint density at radius 3 is 2.73 bits per heavy atom. The highest BCUT2D eigenvalue weighted by Gasteiger charge is 2.32. The number of carbonyl (C=O) groups is 1. The van der Waals surface area contributed by atoms with E-state index < -0.39 is 0 Å². The van der Waals surface area contributed by atoms with Gasteiger partial charge in [-0.15, -0.1) is 0 Å². The summed E-state index contributed by atoms with van der Waals surface area (Å²) in [5, 5.41) is 7.85. The van der Waals surface area contributed by atoms with Crippen molar-refractivity contribution in [3.8, 4) is 11.1 Å². The van der Waals surface area contributed by atoms with E-state index in [4.69, 9.17) is 0 Å². The summed E-state index contributed by atoms with van der Waals surface area (Å²) in [7, 11) is 2.11. The number of H-pyrrole nitrogens is 1. The molecule has 1 amide bonds. The van der Waals surface area contributed by atoms with Gasteiger partial charge in [-0.1, -0.05) is 31.4 Å². The molecule has 2 aliphatic rings. The quantitative estimate of drug-likeness (QED) is 0.337. The Kier molecular flexibility index (Phi) is 6.34. The molecule has 0 saturated heterocycles. The second kappa shape index (κ2) is 9.54. The molecule has 172 valence electrons. The van der Waals surface area contributed by atoms with Crippen molar-refractivity contribution in [2.45, 2.75) is 32.1 Å². The molecule has 5 heteroatoms. The van der Waals surface area contributed by atoms with Gasteiger partial charge in [0.15, 0.2) is 6.54 Å². The minimum atomic E-state index is 0.0933. The molecule has 1 atom stereocenters. The molecule has 0 bridgehead atoms. The molecule has 1 saturated carbocycles. The molecular formula is C28H35N4O+. The number of hydrogen-bond acceptors (Lipinski definition) is 2. The fraction of sp³-hybridized carbons (Fsp3) is 0.393. The van der Waals surface area contributed by atoms with Gasteiger partial charge in [0, 0.05) is 42.5 Å².